The summed E-state index contributed by atoms with van der Waals surface area (Å²) in [5.41, 5.74) is 2.47. The van der Waals surface area contributed by atoms with Gasteiger partial charge in [-0.1, -0.05) is 0 Å². The molecule has 1 saturated carbocycles. The Labute approximate surface area is 119 Å². The maximum atomic E-state index is 5.42. The molecular formula is C12H14BrN5O. The number of rotatable bonds is 5. The zero-order chi connectivity index (χ0) is 13.2. The number of hydrogen-bond acceptors (Lipinski definition) is 6. The van der Waals surface area contributed by atoms with Crippen molar-refractivity contribution in [1.29, 1.82) is 0 Å². The predicted octanol–water partition coefficient (Wildman–Crippen LogP) is 2.29. The molecule has 2 aromatic rings. The minimum absolute atomic E-state index is 0.406. The van der Waals surface area contributed by atoms with Crippen molar-refractivity contribution in [3.63, 3.8) is 0 Å². The standard InChI is InChI=1S/C12H14BrN5O/c13-10-6-15-12(17-14)16-11(10)18(8-3-4-8)7-9-2-1-5-19-9/h1-2,5-6,8H,3-4,7,14H2,(H,15,16,17). The van der Waals surface area contributed by atoms with Crippen LogP contribution in [0.3, 0.4) is 0 Å². The Morgan fingerprint density at radius 2 is 2.37 bits per heavy atom. The molecule has 3 rings (SSSR count). The molecule has 0 aromatic carbocycles. The van der Waals surface area contributed by atoms with E-state index in [9.17, 15) is 0 Å². The summed E-state index contributed by atoms with van der Waals surface area (Å²) in [6.45, 7) is 0.692. The number of nitrogens with zero attached hydrogens (tertiary/aromatic N) is 3. The second-order valence-corrected chi connectivity index (χ2v) is 5.30. The van der Waals surface area contributed by atoms with Gasteiger partial charge in [-0.25, -0.2) is 10.8 Å². The van der Waals surface area contributed by atoms with Gasteiger partial charge in [-0.3, -0.25) is 5.43 Å². The summed E-state index contributed by atoms with van der Waals surface area (Å²) in [6.07, 6.45) is 5.72. The molecule has 0 aliphatic heterocycles. The minimum atomic E-state index is 0.406. The first-order chi connectivity index (χ1) is 9.28. The molecule has 3 N–H and O–H groups in total. The lowest BCUT2D eigenvalue weighted by Gasteiger charge is -2.23. The summed E-state index contributed by atoms with van der Waals surface area (Å²) in [6, 6.07) is 4.36. The summed E-state index contributed by atoms with van der Waals surface area (Å²) >= 11 is 3.49. The Balaban J connectivity index is 1.91. The van der Waals surface area contributed by atoms with Gasteiger partial charge in [0.2, 0.25) is 5.95 Å². The summed E-state index contributed by atoms with van der Waals surface area (Å²) in [7, 11) is 0. The van der Waals surface area contributed by atoms with Gasteiger partial charge in [0.15, 0.2) is 0 Å². The van der Waals surface area contributed by atoms with Crippen molar-refractivity contribution >= 4 is 27.7 Å². The smallest absolute Gasteiger partial charge is 0.239 e. The molecular weight excluding hydrogens is 310 g/mol. The van der Waals surface area contributed by atoms with Gasteiger partial charge in [-0.05, 0) is 40.9 Å². The van der Waals surface area contributed by atoms with E-state index in [1.807, 2.05) is 12.1 Å². The zero-order valence-corrected chi connectivity index (χ0v) is 11.8. The van der Waals surface area contributed by atoms with Gasteiger partial charge in [0.1, 0.15) is 11.6 Å². The van der Waals surface area contributed by atoms with Gasteiger partial charge in [0.05, 0.1) is 17.3 Å². The number of nitrogens with two attached hydrogens (primary N) is 1. The SMILES string of the molecule is NNc1ncc(Br)c(N(Cc2ccco2)C2CC2)n1. The average Bonchev–Trinajstić information content (AvgIpc) is 3.14. The Kier molecular flexibility index (Phi) is 3.39. The molecule has 0 radical (unpaired) electrons. The van der Waals surface area contributed by atoms with E-state index in [1.165, 1.54) is 12.8 Å². The maximum absolute atomic E-state index is 5.42. The molecule has 7 heteroatoms. The molecule has 0 bridgehead atoms. The van der Waals surface area contributed by atoms with Gasteiger partial charge in [0, 0.05) is 12.2 Å². The van der Waals surface area contributed by atoms with E-state index in [2.05, 4.69) is 36.2 Å². The number of nitrogen functional groups attached to an aromatic ring is 1. The van der Waals surface area contributed by atoms with Crippen molar-refractivity contribution in [2.24, 2.45) is 5.84 Å². The maximum Gasteiger partial charge on any atom is 0.239 e. The van der Waals surface area contributed by atoms with Crippen LogP contribution in [0.15, 0.2) is 33.5 Å². The molecule has 1 fully saturated rings. The average molecular weight is 324 g/mol. The number of furan rings is 1. The third-order valence-corrected chi connectivity index (χ3v) is 3.58. The van der Waals surface area contributed by atoms with E-state index >= 15 is 0 Å². The predicted molar refractivity (Wildman–Crippen MR) is 75.5 cm³/mol. The van der Waals surface area contributed by atoms with Crippen LogP contribution in [0.4, 0.5) is 11.8 Å². The molecule has 0 atom stereocenters. The number of anilines is 2. The van der Waals surface area contributed by atoms with Crippen molar-refractivity contribution in [2.45, 2.75) is 25.4 Å². The van der Waals surface area contributed by atoms with Crippen LogP contribution >= 0.6 is 15.9 Å². The molecule has 0 unspecified atom stereocenters. The third-order valence-electron chi connectivity index (χ3n) is 3.02. The lowest BCUT2D eigenvalue weighted by molar-refractivity contribution is 0.500. The second-order valence-electron chi connectivity index (χ2n) is 4.45. The van der Waals surface area contributed by atoms with E-state index in [-0.39, 0.29) is 0 Å². The van der Waals surface area contributed by atoms with E-state index in [1.54, 1.807) is 12.5 Å². The van der Waals surface area contributed by atoms with Crippen LogP contribution in [0, 0.1) is 0 Å². The van der Waals surface area contributed by atoms with Gasteiger partial charge in [-0.2, -0.15) is 4.98 Å². The van der Waals surface area contributed by atoms with Crippen LogP contribution in [0.1, 0.15) is 18.6 Å². The Morgan fingerprint density at radius 1 is 1.53 bits per heavy atom. The Morgan fingerprint density at radius 3 is 3.00 bits per heavy atom. The molecule has 2 heterocycles. The Hall–Kier alpha value is -1.60. The summed E-state index contributed by atoms with van der Waals surface area (Å²) in [4.78, 5) is 10.7. The highest BCUT2D eigenvalue weighted by molar-refractivity contribution is 9.10. The molecule has 1 aliphatic rings. The number of hydrazine groups is 1. The molecule has 0 spiro atoms. The first-order valence-corrected chi connectivity index (χ1v) is 6.85. The normalized spacial score (nSPS) is 14.4. The number of aromatic nitrogens is 2. The lowest BCUT2D eigenvalue weighted by Crippen LogP contribution is -2.27. The molecule has 19 heavy (non-hydrogen) atoms. The summed E-state index contributed by atoms with van der Waals surface area (Å²) in [5, 5.41) is 0. The van der Waals surface area contributed by atoms with Gasteiger partial charge < -0.3 is 9.32 Å². The molecule has 100 valence electrons. The van der Waals surface area contributed by atoms with Crippen LogP contribution < -0.4 is 16.2 Å². The van der Waals surface area contributed by atoms with Crippen LogP contribution in [-0.2, 0) is 6.54 Å². The fourth-order valence-electron chi connectivity index (χ4n) is 1.96. The number of hydrogen-bond donors (Lipinski definition) is 2. The van der Waals surface area contributed by atoms with Crippen molar-refractivity contribution in [3.8, 4) is 0 Å². The van der Waals surface area contributed by atoms with E-state index in [0.29, 0.717) is 18.5 Å². The topological polar surface area (TPSA) is 80.2 Å². The van der Waals surface area contributed by atoms with Crippen LogP contribution in [-0.4, -0.2) is 16.0 Å². The number of halogens is 1. The fraction of sp³-hybridized carbons (Fsp3) is 0.333. The summed E-state index contributed by atoms with van der Waals surface area (Å²) in [5.74, 6) is 7.53. The molecule has 6 nitrogen and oxygen atoms in total. The zero-order valence-electron chi connectivity index (χ0n) is 10.2. The van der Waals surface area contributed by atoms with E-state index in [0.717, 1.165) is 16.1 Å². The Bertz CT molecular complexity index is 555. The lowest BCUT2D eigenvalue weighted by atomic mass is 10.3. The van der Waals surface area contributed by atoms with Crippen molar-refractivity contribution < 1.29 is 4.42 Å². The quantitative estimate of drug-likeness (QED) is 0.649. The largest absolute Gasteiger partial charge is 0.467 e. The number of nitrogens with one attached hydrogen (secondary N) is 1. The minimum Gasteiger partial charge on any atom is -0.467 e. The highest BCUT2D eigenvalue weighted by Gasteiger charge is 2.32. The highest BCUT2D eigenvalue weighted by Crippen LogP contribution is 2.35. The molecule has 0 amide bonds. The van der Waals surface area contributed by atoms with Crippen molar-refractivity contribution in [1.82, 2.24) is 9.97 Å². The monoisotopic (exact) mass is 323 g/mol. The van der Waals surface area contributed by atoms with Gasteiger partial charge >= 0.3 is 0 Å². The fourth-order valence-corrected chi connectivity index (χ4v) is 2.38. The van der Waals surface area contributed by atoms with E-state index < -0.39 is 0 Å². The van der Waals surface area contributed by atoms with Crippen molar-refractivity contribution in [3.05, 3.63) is 34.8 Å². The third kappa shape index (κ3) is 2.71. The van der Waals surface area contributed by atoms with Crippen LogP contribution in [0.5, 0.6) is 0 Å². The van der Waals surface area contributed by atoms with Crippen LogP contribution in [0.2, 0.25) is 0 Å². The van der Waals surface area contributed by atoms with Crippen molar-refractivity contribution in [2.75, 3.05) is 10.3 Å². The molecule has 1 aliphatic carbocycles. The summed E-state index contributed by atoms with van der Waals surface area (Å²) < 4.78 is 6.27. The van der Waals surface area contributed by atoms with Gasteiger partial charge in [0.25, 0.3) is 0 Å². The first-order valence-electron chi connectivity index (χ1n) is 6.06. The second kappa shape index (κ2) is 5.18. The first kappa shape index (κ1) is 12.4. The van der Waals surface area contributed by atoms with E-state index in [4.69, 9.17) is 10.3 Å². The highest BCUT2D eigenvalue weighted by atomic mass is 79.9. The molecule has 2 aromatic heterocycles. The van der Waals surface area contributed by atoms with Gasteiger partial charge in [-0.15, -0.1) is 0 Å². The van der Waals surface area contributed by atoms with Crippen LogP contribution in [0.25, 0.3) is 0 Å². The molecule has 0 saturated heterocycles.